The van der Waals surface area contributed by atoms with Gasteiger partial charge >= 0.3 is 0 Å². The summed E-state index contributed by atoms with van der Waals surface area (Å²) in [4.78, 5) is 23.1. The number of carbonyl (C=O) groups excluding carboxylic acids is 1. The number of amides is 1. The summed E-state index contributed by atoms with van der Waals surface area (Å²) in [5, 5.41) is 27.0. The lowest BCUT2D eigenvalue weighted by Gasteiger charge is -2.09. The fraction of sp³-hybridized carbons (Fsp3) is 0. The topological polar surface area (TPSA) is 96.0 Å². The number of non-ortho nitro benzene ring substituents is 1. The SMILES string of the molecule is N#C/C(=C\c1c2ccccc2cc2ccccc12)C(=O)Nc1cccc([N+](=O)[O-])c1. The number of nitrogens with zero attached hydrogens (tertiary/aromatic N) is 2. The minimum absolute atomic E-state index is 0.0944. The van der Waals surface area contributed by atoms with Crippen molar-refractivity contribution in [3.05, 3.63) is 100 Å². The highest BCUT2D eigenvalue weighted by Crippen LogP contribution is 2.30. The number of rotatable bonds is 4. The van der Waals surface area contributed by atoms with Crippen molar-refractivity contribution >= 4 is 44.9 Å². The van der Waals surface area contributed by atoms with E-state index in [0.29, 0.717) is 0 Å². The maximum absolute atomic E-state index is 12.7. The van der Waals surface area contributed by atoms with Gasteiger partial charge < -0.3 is 5.32 Å². The zero-order valence-corrected chi connectivity index (χ0v) is 15.7. The molecule has 0 unspecified atom stereocenters. The maximum Gasteiger partial charge on any atom is 0.271 e. The largest absolute Gasteiger partial charge is 0.321 e. The van der Waals surface area contributed by atoms with Gasteiger partial charge in [0.25, 0.3) is 11.6 Å². The number of nitro benzene ring substituents is 1. The van der Waals surface area contributed by atoms with E-state index in [-0.39, 0.29) is 16.9 Å². The van der Waals surface area contributed by atoms with Gasteiger partial charge in [-0.25, -0.2) is 0 Å². The first-order chi connectivity index (χ1) is 14.6. The number of hydrogen-bond acceptors (Lipinski definition) is 4. The number of anilines is 1. The smallest absolute Gasteiger partial charge is 0.271 e. The molecule has 0 aliphatic carbocycles. The zero-order chi connectivity index (χ0) is 21.1. The van der Waals surface area contributed by atoms with Gasteiger partial charge in [0.1, 0.15) is 11.6 Å². The zero-order valence-electron chi connectivity index (χ0n) is 15.7. The second-order valence-corrected chi connectivity index (χ2v) is 6.66. The molecule has 4 aromatic carbocycles. The Kier molecular flexibility index (Phi) is 4.93. The fourth-order valence-corrected chi connectivity index (χ4v) is 3.39. The monoisotopic (exact) mass is 393 g/mol. The molecule has 0 aliphatic rings. The van der Waals surface area contributed by atoms with Gasteiger partial charge in [0, 0.05) is 17.8 Å². The molecule has 0 bridgehead atoms. The van der Waals surface area contributed by atoms with Crippen LogP contribution in [-0.2, 0) is 4.79 Å². The first-order valence-corrected chi connectivity index (χ1v) is 9.15. The van der Waals surface area contributed by atoms with E-state index in [1.54, 1.807) is 6.08 Å². The third-order valence-electron chi connectivity index (χ3n) is 4.78. The molecule has 30 heavy (non-hydrogen) atoms. The molecule has 0 aliphatic heterocycles. The van der Waals surface area contributed by atoms with Crippen LogP contribution >= 0.6 is 0 Å². The first-order valence-electron chi connectivity index (χ1n) is 9.15. The Morgan fingerprint density at radius 3 is 2.17 bits per heavy atom. The Bertz CT molecular complexity index is 1330. The average Bonchev–Trinajstić information content (AvgIpc) is 2.76. The van der Waals surface area contributed by atoms with Crippen LogP contribution in [0.25, 0.3) is 27.6 Å². The van der Waals surface area contributed by atoms with Crippen molar-refractivity contribution in [3.63, 3.8) is 0 Å². The van der Waals surface area contributed by atoms with Crippen LogP contribution in [0.15, 0.2) is 84.4 Å². The van der Waals surface area contributed by atoms with E-state index in [2.05, 4.69) is 11.4 Å². The molecule has 4 aromatic rings. The van der Waals surface area contributed by atoms with Crippen LogP contribution in [0.4, 0.5) is 11.4 Å². The number of benzene rings is 4. The normalized spacial score (nSPS) is 11.2. The third-order valence-corrected chi connectivity index (χ3v) is 4.78. The quantitative estimate of drug-likeness (QED) is 0.164. The van der Waals surface area contributed by atoms with E-state index < -0.39 is 10.8 Å². The molecule has 1 amide bonds. The number of hydrogen-bond donors (Lipinski definition) is 1. The Balaban J connectivity index is 1.80. The van der Waals surface area contributed by atoms with Crippen molar-refractivity contribution < 1.29 is 9.72 Å². The van der Waals surface area contributed by atoms with E-state index in [1.165, 1.54) is 24.3 Å². The number of nitriles is 1. The molecule has 6 nitrogen and oxygen atoms in total. The summed E-state index contributed by atoms with van der Waals surface area (Å²) in [7, 11) is 0. The number of fused-ring (bicyclic) bond motifs is 2. The van der Waals surface area contributed by atoms with Crippen molar-refractivity contribution in [1.82, 2.24) is 0 Å². The minimum atomic E-state index is -0.630. The lowest BCUT2D eigenvalue weighted by molar-refractivity contribution is -0.384. The Hall–Kier alpha value is -4.50. The molecule has 0 fully saturated rings. The molecular weight excluding hydrogens is 378 g/mol. The summed E-state index contributed by atoms with van der Waals surface area (Å²) in [6, 6.07) is 25.1. The van der Waals surface area contributed by atoms with Crippen LogP contribution in [0, 0.1) is 21.4 Å². The Labute approximate surface area is 171 Å². The van der Waals surface area contributed by atoms with Crippen molar-refractivity contribution in [2.75, 3.05) is 5.32 Å². The lowest BCUT2D eigenvalue weighted by atomic mass is 9.95. The van der Waals surface area contributed by atoms with E-state index in [1.807, 2.05) is 54.6 Å². The van der Waals surface area contributed by atoms with Gasteiger partial charge in [0.2, 0.25) is 0 Å². The second kappa shape index (κ2) is 7.86. The second-order valence-electron chi connectivity index (χ2n) is 6.66. The molecule has 0 saturated carbocycles. The lowest BCUT2D eigenvalue weighted by Crippen LogP contribution is -2.13. The summed E-state index contributed by atoms with van der Waals surface area (Å²) in [6.07, 6.45) is 1.57. The third kappa shape index (κ3) is 3.60. The fourth-order valence-electron chi connectivity index (χ4n) is 3.39. The molecule has 6 heteroatoms. The Morgan fingerprint density at radius 1 is 0.933 bits per heavy atom. The minimum Gasteiger partial charge on any atom is -0.321 e. The summed E-state index contributed by atoms with van der Waals surface area (Å²) in [6.45, 7) is 0. The molecule has 0 saturated heterocycles. The first kappa shape index (κ1) is 18.8. The van der Waals surface area contributed by atoms with E-state index in [0.717, 1.165) is 27.1 Å². The maximum atomic E-state index is 12.7. The highest BCUT2D eigenvalue weighted by Gasteiger charge is 2.14. The van der Waals surface area contributed by atoms with Crippen LogP contribution in [0.2, 0.25) is 0 Å². The molecule has 0 aromatic heterocycles. The summed E-state index contributed by atoms with van der Waals surface area (Å²) in [5.41, 5.74) is 0.783. The van der Waals surface area contributed by atoms with E-state index >= 15 is 0 Å². The van der Waals surface area contributed by atoms with Crippen molar-refractivity contribution in [2.45, 2.75) is 0 Å². The van der Waals surface area contributed by atoms with E-state index in [4.69, 9.17) is 0 Å². The molecule has 144 valence electrons. The highest BCUT2D eigenvalue weighted by atomic mass is 16.6. The van der Waals surface area contributed by atoms with Gasteiger partial charge in [0.15, 0.2) is 0 Å². The van der Waals surface area contributed by atoms with Gasteiger partial charge in [-0.3, -0.25) is 14.9 Å². The molecule has 0 atom stereocenters. The Morgan fingerprint density at radius 2 is 1.57 bits per heavy atom. The molecular formula is C24H15N3O3. The van der Waals surface area contributed by atoms with Crippen LogP contribution in [-0.4, -0.2) is 10.8 Å². The predicted octanol–water partition coefficient (Wildman–Crippen LogP) is 5.45. The van der Waals surface area contributed by atoms with Gasteiger partial charge in [-0.1, -0.05) is 54.6 Å². The molecule has 1 N–H and O–H groups in total. The summed E-state index contributed by atoms with van der Waals surface area (Å²) < 4.78 is 0. The number of nitro groups is 1. The van der Waals surface area contributed by atoms with Gasteiger partial charge in [-0.15, -0.1) is 0 Å². The van der Waals surface area contributed by atoms with Crippen molar-refractivity contribution in [3.8, 4) is 6.07 Å². The van der Waals surface area contributed by atoms with Gasteiger partial charge in [-0.05, 0) is 45.3 Å². The predicted molar refractivity (Wildman–Crippen MR) is 117 cm³/mol. The average molecular weight is 393 g/mol. The molecule has 0 heterocycles. The summed E-state index contributed by atoms with van der Waals surface area (Å²) in [5.74, 6) is -0.630. The molecule has 0 spiro atoms. The number of nitrogens with one attached hydrogen (secondary N) is 1. The van der Waals surface area contributed by atoms with Crippen LogP contribution < -0.4 is 5.32 Å². The molecule has 0 radical (unpaired) electrons. The number of carbonyl (C=O) groups is 1. The van der Waals surface area contributed by atoms with Crippen LogP contribution in [0.1, 0.15) is 5.56 Å². The van der Waals surface area contributed by atoms with Crippen LogP contribution in [0.5, 0.6) is 0 Å². The van der Waals surface area contributed by atoms with Gasteiger partial charge in [0.05, 0.1) is 4.92 Å². The molecule has 4 rings (SSSR count). The highest BCUT2D eigenvalue weighted by molar-refractivity contribution is 6.14. The van der Waals surface area contributed by atoms with Crippen molar-refractivity contribution in [2.24, 2.45) is 0 Å². The summed E-state index contributed by atoms with van der Waals surface area (Å²) >= 11 is 0. The van der Waals surface area contributed by atoms with Crippen LogP contribution in [0.3, 0.4) is 0 Å². The van der Waals surface area contributed by atoms with Crippen molar-refractivity contribution in [1.29, 1.82) is 5.26 Å². The van der Waals surface area contributed by atoms with Gasteiger partial charge in [-0.2, -0.15) is 5.26 Å². The van der Waals surface area contributed by atoms with E-state index in [9.17, 15) is 20.2 Å². The standard InChI is InChI=1S/C24H15N3O3/c25-15-18(24(28)26-19-8-5-9-20(14-19)27(29)30)13-23-21-10-3-1-6-16(21)12-17-7-2-4-11-22(17)23/h1-14H,(H,26,28)/b18-13+.